The SMILES string of the molecule is CCCCCCCCOC(=O)C(=O)NC(C)c1ccccc1. The highest BCUT2D eigenvalue weighted by Gasteiger charge is 2.18. The van der Waals surface area contributed by atoms with Gasteiger partial charge in [0.25, 0.3) is 0 Å². The maximum atomic E-state index is 11.7. The molecule has 4 heteroatoms. The fourth-order valence-corrected chi connectivity index (χ4v) is 2.19. The fourth-order valence-electron chi connectivity index (χ4n) is 2.19. The summed E-state index contributed by atoms with van der Waals surface area (Å²) in [6.45, 7) is 4.34. The summed E-state index contributed by atoms with van der Waals surface area (Å²) < 4.78 is 5.00. The summed E-state index contributed by atoms with van der Waals surface area (Å²) in [6, 6.07) is 9.31. The van der Waals surface area contributed by atoms with Gasteiger partial charge in [0.05, 0.1) is 12.6 Å². The van der Waals surface area contributed by atoms with E-state index in [1.807, 2.05) is 37.3 Å². The Bertz CT molecular complexity index is 445. The zero-order chi connectivity index (χ0) is 16.2. The standard InChI is InChI=1S/C18H27NO3/c1-3-4-5-6-7-11-14-22-18(21)17(20)19-15(2)16-12-9-8-10-13-16/h8-10,12-13,15H,3-7,11,14H2,1-2H3,(H,19,20). The van der Waals surface area contributed by atoms with Crippen molar-refractivity contribution < 1.29 is 14.3 Å². The van der Waals surface area contributed by atoms with E-state index < -0.39 is 11.9 Å². The van der Waals surface area contributed by atoms with E-state index in [1.165, 1.54) is 19.3 Å². The second kappa shape index (κ2) is 10.8. The molecule has 0 aliphatic rings. The third kappa shape index (κ3) is 7.25. The number of hydrogen-bond acceptors (Lipinski definition) is 3. The number of benzene rings is 1. The summed E-state index contributed by atoms with van der Waals surface area (Å²) in [5, 5.41) is 2.65. The third-order valence-electron chi connectivity index (χ3n) is 3.56. The Labute approximate surface area is 133 Å². The minimum absolute atomic E-state index is 0.213. The van der Waals surface area contributed by atoms with Crippen LogP contribution in [0.3, 0.4) is 0 Å². The Morgan fingerprint density at radius 3 is 2.36 bits per heavy atom. The number of nitrogens with one attached hydrogen (secondary N) is 1. The molecule has 1 unspecified atom stereocenters. The summed E-state index contributed by atoms with van der Waals surface area (Å²) in [6.07, 6.45) is 6.70. The maximum Gasteiger partial charge on any atom is 0.396 e. The van der Waals surface area contributed by atoms with Gasteiger partial charge >= 0.3 is 11.9 Å². The van der Waals surface area contributed by atoms with Crippen molar-refractivity contribution in [2.24, 2.45) is 0 Å². The largest absolute Gasteiger partial charge is 0.459 e. The number of rotatable bonds is 9. The zero-order valence-corrected chi connectivity index (χ0v) is 13.6. The van der Waals surface area contributed by atoms with Gasteiger partial charge < -0.3 is 10.1 Å². The predicted octanol–water partition coefficient (Wildman–Crippen LogP) is 3.77. The lowest BCUT2D eigenvalue weighted by atomic mass is 10.1. The predicted molar refractivity (Wildman–Crippen MR) is 87.3 cm³/mol. The topological polar surface area (TPSA) is 55.4 Å². The number of esters is 1. The molecule has 1 aromatic rings. The Balaban J connectivity index is 2.18. The first-order valence-corrected chi connectivity index (χ1v) is 8.17. The normalized spacial score (nSPS) is 11.7. The van der Waals surface area contributed by atoms with E-state index in [2.05, 4.69) is 12.2 Å². The number of amides is 1. The molecule has 0 aromatic heterocycles. The van der Waals surface area contributed by atoms with Crippen LogP contribution in [0.15, 0.2) is 30.3 Å². The molecule has 0 aliphatic heterocycles. The van der Waals surface area contributed by atoms with E-state index in [1.54, 1.807) is 0 Å². The number of unbranched alkanes of at least 4 members (excludes halogenated alkanes) is 5. The van der Waals surface area contributed by atoms with Crippen molar-refractivity contribution in [3.8, 4) is 0 Å². The maximum absolute atomic E-state index is 11.7. The molecule has 1 atom stereocenters. The van der Waals surface area contributed by atoms with Crippen LogP contribution in [0, 0.1) is 0 Å². The second-order valence-electron chi connectivity index (χ2n) is 5.51. The van der Waals surface area contributed by atoms with Gasteiger partial charge in [0.1, 0.15) is 0 Å². The average molecular weight is 305 g/mol. The molecule has 1 aromatic carbocycles. The minimum Gasteiger partial charge on any atom is -0.459 e. The Morgan fingerprint density at radius 2 is 1.68 bits per heavy atom. The van der Waals surface area contributed by atoms with Crippen LogP contribution < -0.4 is 5.32 Å². The summed E-state index contributed by atoms with van der Waals surface area (Å²) in [4.78, 5) is 23.4. The van der Waals surface area contributed by atoms with Crippen LogP contribution in [0.4, 0.5) is 0 Å². The Morgan fingerprint density at radius 1 is 1.05 bits per heavy atom. The molecule has 22 heavy (non-hydrogen) atoms. The molecule has 1 amide bonds. The number of carbonyl (C=O) groups excluding carboxylic acids is 2. The van der Waals surface area contributed by atoms with E-state index >= 15 is 0 Å². The lowest BCUT2D eigenvalue weighted by Gasteiger charge is -2.13. The van der Waals surface area contributed by atoms with Crippen molar-refractivity contribution in [3.63, 3.8) is 0 Å². The third-order valence-corrected chi connectivity index (χ3v) is 3.56. The quantitative estimate of drug-likeness (QED) is 0.429. The first-order valence-electron chi connectivity index (χ1n) is 8.17. The highest BCUT2D eigenvalue weighted by Crippen LogP contribution is 2.11. The van der Waals surface area contributed by atoms with Crippen LogP contribution in [0.5, 0.6) is 0 Å². The van der Waals surface area contributed by atoms with E-state index in [0.717, 1.165) is 24.8 Å². The lowest BCUT2D eigenvalue weighted by molar-refractivity contribution is -0.155. The summed E-state index contributed by atoms with van der Waals surface area (Å²) in [5.74, 6) is -1.47. The van der Waals surface area contributed by atoms with Crippen molar-refractivity contribution in [3.05, 3.63) is 35.9 Å². The molecule has 0 aliphatic carbocycles. The van der Waals surface area contributed by atoms with Crippen LogP contribution in [0.25, 0.3) is 0 Å². The number of ether oxygens (including phenoxy) is 1. The highest BCUT2D eigenvalue weighted by molar-refractivity contribution is 6.32. The number of hydrogen-bond donors (Lipinski definition) is 1. The first-order chi connectivity index (χ1) is 10.6. The molecule has 0 spiro atoms. The molecular weight excluding hydrogens is 278 g/mol. The van der Waals surface area contributed by atoms with E-state index in [-0.39, 0.29) is 6.04 Å². The van der Waals surface area contributed by atoms with Crippen molar-refractivity contribution in [2.45, 2.75) is 58.4 Å². The van der Waals surface area contributed by atoms with Crippen molar-refractivity contribution in [1.29, 1.82) is 0 Å². The molecule has 1 rings (SSSR count). The van der Waals surface area contributed by atoms with Gasteiger partial charge in [-0.05, 0) is 18.9 Å². The zero-order valence-electron chi connectivity index (χ0n) is 13.6. The molecular formula is C18H27NO3. The van der Waals surface area contributed by atoms with Crippen LogP contribution in [0.2, 0.25) is 0 Å². The minimum atomic E-state index is -0.795. The molecule has 122 valence electrons. The van der Waals surface area contributed by atoms with Crippen LogP contribution in [-0.4, -0.2) is 18.5 Å². The highest BCUT2D eigenvalue weighted by atomic mass is 16.5. The van der Waals surface area contributed by atoms with Gasteiger partial charge in [0.15, 0.2) is 0 Å². The van der Waals surface area contributed by atoms with Gasteiger partial charge in [-0.15, -0.1) is 0 Å². The number of carbonyl (C=O) groups is 2. The van der Waals surface area contributed by atoms with Crippen LogP contribution >= 0.6 is 0 Å². The molecule has 0 saturated carbocycles. The van der Waals surface area contributed by atoms with Gasteiger partial charge in [-0.3, -0.25) is 4.79 Å². The summed E-state index contributed by atoms with van der Waals surface area (Å²) in [5.41, 5.74) is 0.958. The van der Waals surface area contributed by atoms with Crippen LogP contribution in [0.1, 0.15) is 64.0 Å². The van der Waals surface area contributed by atoms with E-state index in [0.29, 0.717) is 6.61 Å². The van der Waals surface area contributed by atoms with Crippen molar-refractivity contribution in [1.82, 2.24) is 5.32 Å². The summed E-state index contributed by atoms with van der Waals surface area (Å²) in [7, 11) is 0. The molecule has 0 bridgehead atoms. The lowest BCUT2D eigenvalue weighted by Crippen LogP contribution is -2.34. The molecule has 4 nitrogen and oxygen atoms in total. The van der Waals surface area contributed by atoms with E-state index in [4.69, 9.17) is 4.74 Å². The van der Waals surface area contributed by atoms with Crippen molar-refractivity contribution >= 4 is 11.9 Å². The van der Waals surface area contributed by atoms with Gasteiger partial charge in [-0.1, -0.05) is 69.4 Å². The Kier molecular flexibility index (Phi) is 8.96. The first kappa shape index (κ1) is 18.2. The van der Waals surface area contributed by atoms with Crippen LogP contribution in [-0.2, 0) is 14.3 Å². The molecule has 1 N–H and O–H groups in total. The fraction of sp³-hybridized carbons (Fsp3) is 0.556. The molecule has 0 fully saturated rings. The average Bonchev–Trinajstić information content (AvgIpc) is 2.54. The van der Waals surface area contributed by atoms with Gasteiger partial charge in [0.2, 0.25) is 0 Å². The second-order valence-corrected chi connectivity index (χ2v) is 5.51. The molecule has 0 radical (unpaired) electrons. The Hall–Kier alpha value is -1.84. The van der Waals surface area contributed by atoms with Gasteiger partial charge in [-0.25, -0.2) is 4.79 Å². The van der Waals surface area contributed by atoms with Crippen molar-refractivity contribution in [2.75, 3.05) is 6.61 Å². The van der Waals surface area contributed by atoms with Gasteiger partial charge in [0, 0.05) is 0 Å². The smallest absolute Gasteiger partial charge is 0.396 e. The molecule has 0 heterocycles. The van der Waals surface area contributed by atoms with Gasteiger partial charge in [-0.2, -0.15) is 0 Å². The monoisotopic (exact) mass is 305 g/mol. The van der Waals surface area contributed by atoms with E-state index in [9.17, 15) is 9.59 Å². The summed E-state index contributed by atoms with van der Waals surface area (Å²) >= 11 is 0. The molecule has 0 saturated heterocycles.